The van der Waals surface area contributed by atoms with Crippen molar-refractivity contribution < 1.29 is 14.6 Å². The average molecular weight is 606 g/mol. The van der Waals surface area contributed by atoms with Crippen LogP contribution in [-0.4, -0.2) is 28.8 Å². The number of aliphatic hydroxyl groups is 1. The molecule has 1 N–H and O–H groups in total. The van der Waals surface area contributed by atoms with E-state index in [4.69, 9.17) is 9.72 Å². The molecule has 0 bridgehead atoms. The summed E-state index contributed by atoms with van der Waals surface area (Å²) in [6.07, 6.45) is 9.69. The summed E-state index contributed by atoms with van der Waals surface area (Å²) in [4.78, 5) is 16.7. The fraction of sp³-hybridized carbons (Fsp3) is 0.579. The monoisotopic (exact) mass is 605 g/mol. The second-order valence-electron chi connectivity index (χ2n) is 12.9. The molecule has 5 heteroatoms. The van der Waals surface area contributed by atoms with Gasteiger partial charge >= 0.3 is 5.97 Å². The van der Waals surface area contributed by atoms with E-state index in [-0.39, 0.29) is 29.3 Å². The van der Waals surface area contributed by atoms with Crippen molar-refractivity contribution in [2.75, 3.05) is 6.61 Å². The molecule has 0 fully saturated rings. The maximum absolute atomic E-state index is 11.9. The molecule has 236 valence electrons. The summed E-state index contributed by atoms with van der Waals surface area (Å²) in [5, 5.41) is 14.0. The quantitative estimate of drug-likeness (QED) is 0.123. The molecule has 1 unspecified atom stereocenters. The van der Waals surface area contributed by atoms with Gasteiger partial charge in [0.15, 0.2) is 0 Å². The van der Waals surface area contributed by atoms with Crippen molar-refractivity contribution >= 4 is 17.3 Å². The van der Waals surface area contributed by atoms with Gasteiger partial charge in [0.2, 0.25) is 0 Å². The lowest BCUT2D eigenvalue weighted by Crippen LogP contribution is -2.30. The molecule has 43 heavy (non-hydrogen) atoms. The minimum Gasteiger partial charge on any atom is -0.466 e. The first-order valence-corrected chi connectivity index (χ1v) is 17.4. The van der Waals surface area contributed by atoms with E-state index in [1.165, 1.54) is 53.5 Å². The Balaban J connectivity index is 1.78. The number of hydrogen-bond donors (Lipinski definition) is 1. The molecule has 0 aliphatic heterocycles. The Bertz CT molecular complexity index is 1320. The molecule has 0 radical (unpaired) electrons. The van der Waals surface area contributed by atoms with E-state index in [0.29, 0.717) is 6.61 Å². The maximum Gasteiger partial charge on any atom is 0.311 e. The Morgan fingerprint density at radius 1 is 0.953 bits per heavy atom. The third kappa shape index (κ3) is 8.79. The van der Waals surface area contributed by atoms with Crippen LogP contribution in [0.15, 0.2) is 41.8 Å². The molecule has 0 aliphatic carbocycles. The lowest BCUT2D eigenvalue weighted by atomic mass is 9.69. The van der Waals surface area contributed by atoms with Crippen molar-refractivity contribution in [3.05, 3.63) is 75.3 Å². The number of thiazole rings is 1. The number of aliphatic hydroxyl groups excluding tert-OH is 1. The van der Waals surface area contributed by atoms with Crippen LogP contribution in [0.25, 0.3) is 10.6 Å². The molecule has 0 saturated heterocycles. The van der Waals surface area contributed by atoms with Gasteiger partial charge in [0.1, 0.15) is 5.01 Å². The molecule has 1 aromatic heterocycles. The zero-order valence-electron chi connectivity index (χ0n) is 28.0. The van der Waals surface area contributed by atoms with E-state index in [1.807, 2.05) is 12.3 Å². The zero-order valence-corrected chi connectivity index (χ0v) is 28.8. The third-order valence-corrected chi connectivity index (χ3v) is 10.5. The van der Waals surface area contributed by atoms with Gasteiger partial charge in [0.25, 0.3) is 0 Å². The molecule has 0 aliphatic rings. The molecule has 0 amide bonds. The van der Waals surface area contributed by atoms with E-state index in [0.717, 1.165) is 48.4 Å². The first-order valence-electron chi connectivity index (χ1n) is 16.5. The third-order valence-electron chi connectivity index (χ3n) is 9.56. The van der Waals surface area contributed by atoms with Gasteiger partial charge in [-0.3, -0.25) is 4.79 Å². The number of nitrogens with zero attached hydrogens (tertiary/aromatic N) is 1. The zero-order chi connectivity index (χ0) is 31.6. The highest BCUT2D eigenvalue weighted by Gasteiger charge is 2.32. The molecular weight excluding hydrogens is 550 g/mol. The molecule has 0 saturated carbocycles. The van der Waals surface area contributed by atoms with Crippen LogP contribution in [0.4, 0.5) is 0 Å². The van der Waals surface area contributed by atoms with Gasteiger partial charge in [-0.25, -0.2) is 4.98 Å². The molecule has 1 heterocycles. The van der Waals surface area contributed by atoms with Crippen molar-refractivity contribution in [2.24, 2.45) is 5.41 Å². The Hall–Kier alpha value is -2.50. The average Bonchev–Trinajstić information content (AvgIpc) is 3.43. The highest BCUT2D eigenvalue weighted by molar-refractivity contribution is 7.13. The summed E-state index contributed by atoms with van der Waals surface area (Å²) in [6, 6.07) is 13.8. The van der Waals surface area contributed by atoms with E-state index in [2.05, 4.69) is 84.9 Å². The summed E-state index contributed by atoms with van der Waals surface area (Å²) >= 11 is 1.58. The smallest absolute Gasteiger partial charge is 0.311 e. The summed E-state index contributed by atoms with van der Waals surface area (Å²) < 4.78 is 5.09. The molecule has 2 aromatic carbocycles. The standard InChI is InChI=1S/C38H55NO3S/c1-9-13-14-15-22-37(7,8)34(40)21-17-29-16-18-30(23-27(29)5)38(10-2,11-3)31-19-20-33(28(6)24-31)36-39-32(26-43-36)25-35(41)42-12-4/h16,18-20,23-24,26,34,40H,9-15,17,21-22,25H2,1-8H3. The highest BCUT2D eigenvalue weighted by Crippen LogP contribution is 2.41. The number of benzene rings is 2. The second kappa shape index (κ2) is 16.0. The molecular formula is C38H55NO3S. The van der Waals surface area contributed by atoms with E-state index in [1.54, 1.807) is 11.3 Å². The number of ether oxygens (including phenoxy) is 1. The van der Waals surface area contributed by atoms with Crippen LogP contribution < -0.4 is 0 Å². The van der Waals surface area contributed by atoms with Crippen molar-refractivity contribution in [1.82, 2.24) is 4.98 Å². The summed E-state index contributed by atoms with van der Waals surface area (Å²) in [6.45, 7) is 17.9. The topological polar surface area (TPSA) is 59.4 Å². The molecule has 1 atom stereocenters. The summed E-state index contributed by atoms with van der Waals surface area (Å²) in [5.41, 5.74) is 8.27. The molecule has 3 aromatic rings. The first kappa shape index (κ1) is 35.0. The SMILES string of the molecule is CCCCCCC(C)(C)C(O)CCc1ccc(C(CC)(CC)c2ccc(-c3nc(CC(=O)OCC)cs3)c(C)c2)cc1C. The Labute approximate surface area is 265 Å². The fourth-order valence-corrected chi connectivity index (χ4v) is 7.35. The van der Waals surface area contributed by atoms with Gasteiger partial charge in [0, 0.05) is 16.4 Å². The number of aryl methyl sites for hydroxylation is 3. The van der Waals surface area contributed by atoms with Gasteiger partial charge in [-0.1, -0.05) is 96.7 Å². The van der Waals surface area contributed by atoms with E-state index in [9.17, 15) is 9.90 Å². The van der Waals surface area contributed by atoms with Crippen LogP contribution >= 0.6 is 11.3 Å². The Morgan fingerprint density at radius 2 is 1.63 bits per heavy atom. The lowest BCUT2D eigenvalue weighted by molar-refractivity contribution is -0.142. The number of aromatic nitrogens is 1. The van der Waals surface area contributed by atoms with Crippen LogP contribution in [-0.2, 0) is 27.8 Å². The van der Waals surface area contributed by atoms with Crippen molar-refractivity contribution in [2.45, 2.75) is 131 Å². The minimum atomic E-state index is -0.292. The van der Waals surface area contributed by atoms with E-state index >= 15 is 0 Å². The number of esters is 1. The number of carbonyl (C=O) groups is 1. The van der Waals surface area contributed by atoms with Crippen molar-refractivity contribution in [1.29, 1.82) is 0 Å². The van der Waals surface area contributed by atoms with Crippen molar-refractivity contribution in [3.63, 3.8) is 0 Å². The second-order valence-corrected chi connectivity index (χ2v) is 13.8. The fourth-order valence-electron chi connectivity index (χ4n) is 6.44. The molecule has 4 nitrogen and oxygen atoms in total. The Kier molecular flexibility index (Phi) is 13.0. The number of hydrogen-bond acceptors (Lipinski definition) is 5. The van der Waals surface area contributed by atoms with Gasteiger partial charge in [-0.15, -0.1) is 11.3 Å². The summed E-state index contributed by atoms with van der Waals surface area (Å²) in [7, 11) is 0. The number of carbonyl (C=O) groups excluding carboxylic acids is 1. The van der Waals surface area contributed by atoms with Crippen LogP contribution in [0.5, 0.6) is 0 Å². The number of unbranched alkanes of at least 4 members (excludes halogenated alkanes) is 3. The molecule has 3 rings (SSSR count). The van der Waals surface area contributed by atoms with Crippen LogP contribution in [0.3, 0.4) is 0 Å². The van der Waals surface area contributed by atoms with E-state index < -0.39 is 0 Å². The van der Waals surface area contributed by atoms with Crippen molar-refractivity contribution in [3.8, 4) is 10.6 Å². The minimum absolute atomic E-state index is 0.0493. The normalized spacial score (nSPS) is 12.9. The predicted molar refractivity (Wildman–Crippen MR) is 182 cm³/mol. The van der Waals surface area contributed by atoms with Crippen LogP contribution in [0.2, 0.25) is 0 Å². The lowest BCUT2D eigenvalue weighted by Gasteiger charge is -2.34. The predicted octanol–water partition coefficient (Wildman–Crippen LogP) is 9.93. The molecule has 0 spiro atoms. The van der Waals surface area contributed by atoms with Gasteiger partial charge in [-0.05, 0) is 86.1 Å². The van der Waals surface area contributed by atoms with Gasteiger partial charge in [0.05, 0.1) is 24.8 Å². The Morgan fingerprint density at radius 3 is 2.23 bits per heavy atom. The maximum atomic E-state index is 11.9. The van der Waals surface area contributed by atoms with Gasteiger partial charge < -0.3 is 9.84 Å². The first-order chi connectivity index (χ1) is 20.5. The van der Waals surface area contributed by atoms with Crippen LogP contribution in [0.1, 0.15) is 126 Å². The largest absolute Gasteiger partial charge is 0.466 e. The highest BCUT2D eigenvalue weighted by atomic mass is 32.1. The number of rotatable bonds is 17. The van der Waals surface area contributed by atoms with Gasteiger partial charge in [-0.2, -0.15) is 0 Å². The summed E-state index contributed by atoms with van der Waals surface area (Å²) in [5.74, 6) is -0.235. The van der Waals surface area contributed by atoms with Crippen LogP contribution in [0, 0.1) is 19.3 Å².